The van der Waals surface area contributed by atoms with Crippen LogP contribution < -0.4 is 15.4 Å². The summed E-state index contributed by atoms with van der Waals surface area (Å²) in [5, 5.41) is 8.31. The van der Waals surface area contributed by atoms with Crippen LogP contribution in [0, 0.1) is 0 Å². The molecule has 194 valence electrons. The van der Waals surface area contributed by atoms with Gasteiger partial charge in [0.15, 0.2) is 6.61 Å². The zero-order valence-electron chi connectivity index (χ0n) is 20.2. The molecule has 2 amide bonds. The van der Waals surface area contributed by atoms with Crippen LogP contribution in [-0.2, 0) is 19.1 Å². The molecule has 0 saturated heterocycles. The van der Waals surface area contributed by atoms with Crippen LogP contribution >= 0.6 is 23.2 Å². The molecule has 0 aliphatic heterocycles. The van der Waals surface area contributed by atoms with Crippen LogP contribution in [0.4, 0.5) is 11.4 Å². The Morgan fingerprint density at radius 2 is 1.53 bits per heavy atom. The summed E-state index contributed by atoms with van der Waals surface area (Å²) in [6.07, 6.45) is 0.422. The molecule has 4 aromatic rings. The van der Waals surface area contributed by atoms with Crippen LogP contribution in [0.2, 0.25) is 10.0 Å². The van der Waals surface area contributed by atoms with Gasteiger partial charge in [0.05, 0.1) is 5.02 Å². The quantitative estimate of drug-likeness (QED) is 0.203. The van der Waals surface area contributed by atoms with E-state index in [2.05, 4.69) is 10.6 Å². The number of carbonyl (C=O) groups is 3. The lowest BCUT2D eigenvalue weighted by Gasteiger charge is -2.10. The number of anilines is 2. The molecule has 9 heteroatoms. The Bertz CT molecular complexity index is 1450. The lowest BCUT2D eigenvalue weighted by Crippen LogP contribution is -2.21. The Morgan fingerprint density at radius 1 is 0.763 bits per heavy atom. The van der Waals surface area contributed by atoms with Gasteiger partial charge in [0.1, 0.15) is 11.5 Å². The van der Waals surface area contributed by atoms with Gasteiger partial charge in [-0.15, -0.1) is 0 Å². The van der Waals surface area contributed by atoms with Crippen LogP contribution in [0.5, 0.6) is 11.5 Å². The Labute approximate surface area is 229 Å². The minimum Gasteiger partial charge on any atom is -0.456 e. The van der Waals surface area contributed by atoms with Gasteiger partial charge in [-0.2, -0.15) is 0 Å². The summed E-state index contributed by atoms with van der Waals surface area (Å²) < 4.78 is 10.8. The molecule has 0 aliphatic rings. The van der Waals surface area contributed by atoms with Gasteiger partial charge >= 0.3 is 5.97 Å². The maximum absolute atomic E-state index is 12.2. The second-order valence-electron chi connectivity index (χ2n) is 8.34. The normalized spacial score (nSPS) is 10.6. The Morgan fingerprint density at radius 3 is 2.32 bits per heavy atom. The number of hydrogen-bond acceptors (Lipinski definition) is 5. The van der Waals surface area contributed by atoms with Gasteiger partial charge < -0.3 is 20.1 Å². The van der Waals surface area contributed by atoms with Gasteiger partial charge in [-0.05, 0) is 60.3 Å². The van der Waals surface area contributed by atoms with Crippen molar-refractivity contribution in [3.8, 4) is 11.5 Å². The predicted octanol–water partition coefficient (Wildman–Crippen LogP) is 7.23. The van der Waals surface area contributed by atoms with Gasteiger partial charge in [-0.25, -0.2) is 0 Å². The van der Waals surface area contributed by atoms with Gasteiger partial charge in [0, 0.05) is 34.6 Å². The standard InChI is InChI=1S/C29H24Cl2N2O5/c30-20-11-16-26(24(31)17-20)38-22-14-12-21(13-15-22)32-27(34)9-4-10-29(36)37-18-28(35)33-25-8-3-6-19-5-1-2-7-23(19)25/h1-3,5-8,11-17H,4,9-10,18H2,(H,32,34)(H,33,35). The smallest absolute Gasteiger partial charge is 0.306 e. The highest BCUT2D eigenvalue weighted by Gasteiger charge is 2.11. The summed E-state index contributed by atoms with van der Waals surface area (Å²) >= 11 is 12.0. The molecule has 0 radical (unpaired) electrons. The molecule has 4 rings (SSSR count). The van der Waals surface area contributed by atoms with Crippen molar-refractivity contribution in [1.29, 1.82) is 0 Å². The van der Waals surface area contributed by atoms with Crippen molar-refractivity contribution in [2.45, 2.75) is 19.3 Å². The molecule has 0 bridgehead atoms. The first-order valence-corrected chi connectivity index (χ1v) is 12.6. The number of hydrogen-bond donors (Lipinski definition) is 2. The topological polar surface area (TPSA) is 93.7 Å². The molecule has 38 heavy (non-hydrogen) atoms. The third kappa shape index (κ3) is 7.71. The number of rotatable bonds is 10. The molecule has 2 N–H and O–H groups in total. The van der Waals surface area contributed by atoms with Crippen molar-refractivity contribution in [3.63, 3.8) is 0 Å². The fourth-order valence-corrected chi connectivity index (χ4v) is 4.09. The SMILES string of the molecule is O=C(CCCC(=O)OCC(=O)Nc1cccc2ccccc12)Nc1ccc(Oc2ccc(Cl)cc2Cl)cc1. The lowest BCUT2D eigenvalue weighted by molar-refractivity contribution is -0.147. The molecule has 0 heterocycles. The van der Waals surface area contributed by atoms with E-state index in [0.29, 0.717) is 32.9 Å². The van der Waals surface area contributed by atoms with E-state index in [1.54, 1.807) is 48.5 Å². The second kappa shape index (κ2) is 12.9. The van der Waals surface area contributed by atoms with Crippen molar-refractivity contribution < 1.29 is 23.9 Å². The van der Waals surface area contributed by atoms with Crippen LogP contribution in [0.1, 0.15) is 19.3 Å². The summed E-state index contributed by atoms with van der Waals surface area (Å²) in [6.45, 7) is -0.399. The number of nitrogens with one attached hydrogen (secondary N) is 2. The number of halogens is 2. The fraction of sp³-hybridized carbons (Fsp3) is 0.138. The van der Waals surface area contributed by atoms with Gasteiger partial charge in [0.2, 0.25) is 5.91 Å². The van der Waals surface area contributed by atoms with E-state index in [1.165, 1.54) is 0 Å². The van der Waals surface area contributed by atoms with E-state index in [9.17, 15) is 14.4 Å². The van der Waals surface area contributed by atoms with Crippen molar-refractivity contribution in [2.75, 3.05) is 17.2 Å². The van der Waals surface area contributed by atoms with Gasteiger partial charge in [0.25, 0.3) is 5.91 Å². The molecular formula is C29H24Cl2N2O5. The number of ether oxygens (including phenoxy) is 2. The molecular weight excluding hydrogens is 527 g/mol. The first kappa shape index (κ1) is 27.0. The van der Waals surface area contributed by atoms with Crippen LogP contribution in [0.15, 0.2) is 84.9 Å². The molecule has 0 fully saturated rings. The largest absolute Gasteiger partial charge is 0.456 e. The summed E-state index contributed by atoms with van der Waals surface area (Å²) in [5.74, 6) is -0.224. The van der Waals surface area contributed by atoms with E-state index >= 15 is 0 Å². The third-order valence-corrected chi connectivity index (χ3v) is 6.00. The summed E-state index contributed by atoms with van der Waals surface area (Å²) in [5.41, 5.74) is 1.23. The van der Waals surface area contributed by atoms with Crippen molar-refractivity contribution in [2.24, 2.45) is 0 Å². The van der Waals surface area contributed by atoms with Crippen LogP contribution in [0.25, 0.3) is 10.8 Å². The molecule has 7 nitrogen and oxygen atoms in total. The highest BCUT2D eigenvalue weighted by atomic mass is 35.5. The highest BCUT2D eigenvalue weighted by Crippen LogP contribution is 2.32. The third-order valence-electron chi connectivity index (χ3n) is 5.47. The molecule has 4 aromatic carbocycles. The van der Waals surface area contributed by atoms with Gasteiger partial charge in [-0.3, -0.25) is 14.4 Å². The highest BCUT2D eigenvalue weighted by molar-refractivity contribution is 6.35. The van der Waals surface area contributed by atoms with E-state index in [1.807, 2.05) is 36.4 Å². The summed E-state index contributed by atoms with van der Waals surface area (Å²) in [4.78, 5) is 36.5. The second-order valence-corrected chi connectivity index (χ2v) is 9.18. The van der Waals surface area contributed by atoms with E-state index in [0.717, 1.165) is 10.8 Å². The Balaban J connectivity index is 1.15. The Kier molecular flexibility index (Phi) is 9.19. The zero-order chi connectivity index (χ0) is 26.9. The van der Waals surface area contributed by atoms with Crippen molar-refractivity contribution in [3.05, 3.63) is 95.0 Å². The molecule has 0 saturated carbocycles. The van der Waals surface area contributed by atoms with E-state index in [-0.39, 0.29) is 25.2 Å². The van der Waals surface area contributed by atoms with E-state index < -0.39 is 18.5 Å². The predicted molar refractivity (Wildman–Crippen MR) is 149 cm³/mol. The van der Waals surface area contributed by atoms with Crippen LogP contribution in [-0.4, -0.2) is 24.4 Å². The average molecular weight is 551 g/mol. The molecule has 0 spiro atoms. The minimum absolute atomic E-state index is 0.0175. The number of esters is 1. The van der Waals surface area contributed by atoms with Crippen LogP contribution in [0.3, 0.4) is 0 Å². The molecule has 0 aromatic heterocycles. The molecule has 0 unspecified atom stereocenters. The number of benzene rings is 4. The molecule has 0 aliphatic carbocycles. The number of amides is 2. The number of fused-ring (bicyclic) bond motifs is 1. The fourth-order valence-electron chi connectivity index (χ4n) is 3.65. The molecule has 0 atom stereocenters. The minimum atomic E-state index is -0.548. The summed E-state index contributed by atoms with van der Waals surface area (Å²) in [7, 11) is 0. The summed E-state index contributed by atoms with van der Waals surface area (Å²) in [6, 6.07) is 24.9. The van der Waals surface area contributed by atoms with Gasteiger partial charge in [-0.1, -0.05) is 59.6 Å². The van der Waals surface area contributed by atoms with Crippen molar-refractivity contribution >= 4 is 63.1 Å². The first-order chi connectivity index (χ1) is 18.4. The number of carbonyl (C=O) groups excluding carboxylic acids is 3. The van der Waals surface area contributed by atoms with E-state index in [4.69, 9.17) is 32.7 Å². The maximum Gasteiger partial charge on any atom is 0.306 e. The lowest BCUT2D eigenvalue weighted by atomic mass is 10.1. The average Bonchev–Trinajstić information content (AvgIpc) is 2.90. The first-order valence-electron chi connectivity index (χ1n) is 11.8. The van der Waals surface area contributed by atoms with Crippen molar-refractivity contribution in [1.82, 2.24) is 0 Å². The Hall–Kier alpha value is -4.07. The monoisotopic (exact) mass is 550 g/mol. The maximum atomic E-state index is 12.2. The zero-order valence-corrected chi connectivity index (χ0v) is 21.7.